The summed E-state index contributed by atoms with van der Waals surface area (Å²) in [4.78, 5) is 26.2. The van der Waals surface area contributed by atoms with E-state index in [0.29, 0.717) is 24.8 Å². The average Bonchev–Trinajstić information content (AvgIpc) is 3.15. The fraction of sp³-hybridized carbons (Fsp3) is 0.444. The Labute approximate surface area is 129 Å². The SMILES string of the molecule is O=C(O)C1Cc2ccccc2CN1C(=O)C1CC2C=CC1C2. The third-order valence-electron chi connectivity index (χ3n) is 5.41. The number of allylic oxidation sites excluding steroid dienone is 2. The number of hydrogen-bond acceptors (Lipinski definition) is 2. The van der Waals surface area contributed by atoms with Crippen molar-refractivity contribution < 1.29 is 14.7 Å². The summed E-state index contributed by atoms with van der Waals surface area (Å²) in [6.45, 7) is 0.420. The van der Waals surface area contributed by atoms with Crippen molar-refractivity contribution in [1.29, 1.82) is 0 Å². The van der Waals surface area contributed by atoms with Crippen LogP contribution in [0.15, 0.2) is 36.4 Å². The first-order chi connectivity index (χ1) is 10.6. The molecule has 1 saturated carbocycles. The smallest absolute Gasteiger partial charge is 0.326 e. The van der Waals surface area contributed by atoms with Crippen molar-refractivity contribution in [3.8, 4) is 0 Å². The number of rotatable bonds is 2. The molecule has 22 heavy (non-hydrogen) atoms. The van der Waals surface area contributed by atoms with Gasteiger partial charge in [0.15, 0.2) is 0 Å². The molecule has 2 aliphatic carbocycles. The van der Waals surface area contributed by atoms with E-state index in [-0.39, 0.29) is 11.8 Å². The number of nitrogens with zero attached hydrogens (tertiary/aromatic N) is 1. The van der Waals surface area contributed by atoms with Crippen LogP contribution in [-0.2, 0) is 22.6 Å². The average molecular weight is 297 g/mol. The van der Waals surface area contributed by atoms with E-state index >= 15 is 0 Å². The normalized spacial score (nSPS) is 32.1. The first kappa shape index (κ1) is 13.6. The van der Waals surface area contributed by atoms with Crippen molar-refractivity contribution in [3.05, 3.63) is 47.5 Å². The van der Waals surface area contributed by atoms with Crippen LogP contribution in [0.4, 0.5) is 0 Å². The summed E-state index contributed by atoms with van der Waals surface area (Å²) in [5.41, 5.74) is 2.12. The van der Waals surface area contributed by atoms with Gasteiger partial charge < -0.3 is 10.0 Å². The molecule has 4 heteroatoms. The first-order valence-corrected chi connectivity index (χ1v) is 7.92. The van der Waals surface area contributed by atoms with Gasteiger partial charge in [-0.2, -0.15) is 0 Å². The third kappa shape index (κ3) is 2.05. The second kappa shape index (κ2) is 4.97. The Morgan fingerprint density at radius 3 is 2.50 bits per heavy atom. The summed E-state index contributed by atoms with van der Waals surface area (Å²) in [7, 11) is 0. The van der Waals surface area contributed by atoms with E-state index in [2.05, 4.69) is 12.2 Å². The molecule has 1 amide bonds. The number of fused-ring (bicyclic) bond motifs is 3. The van der Waals surface area contributed by atoms with Crippen molar-refractivity contribution in [2.75, 3.05) is 0 Å². The van der Waals surface area contributed by atoms with Crippen LogP contribution in [0.5, 0.6) is 0 Å². The number of benzene rings is 1. The monoisotopic (exact) mass is 297 g/mol. The maximum absolute atomic E-state index is 12.9. The second-order valence-electron chi connectivity index (χ2n) is 6.68. The Morgan fingerprint density at radius 1 is 1.09 bits per heavy atom. The summed E-state index contributed by atoms with van der Waals surface area (Å²) < 4.78 is 0. The van der Waals surface area contributed by atoms with Gasteiger partial charge in [0.2, 0.25) is 5.91 Å². The summed E-state index contributed by atoms with van der Waals surface area (Å²) >= 11 is 0. The minimum Gasteiger partial charge on any atom is -0.480 e. The molecule has 4 rings (SSSR count). The lowest BCUT2D eigenvalue weighted by Gasteiger charge is -2.37. The second-order valence-corrected chi connectivity index (χ2v) is 6.68. The molecule has 3 aliphatic rings. The lowest BCUT2D eigenvalue weighted by Crippen LogP contribution is -2.51. The highest BCUT2D eigenvalue weighted by Crippen LogP contribution is 2.44. The standard InChI is InChI=1S/C18H19NO3/c20-17(15-8-11-5-6-13(15)7-11)19-10-14-4-2-1-3-12(14)9-16(19)18(21)22/h1-6,11,13,15-16H,7-10H2,(H,21,22). The van der Waals surface area contributed by atoms with Crippen molar-refractivity contribution in [2.24, 2.45) is 17.8 Å². The molecule has 1 aromatic carbocycles. The van der Waals surface area contributed by atoms with Gasteiger partial charge in [-0.1, -0.05) is 36.4 Å². The molecule has 0 saturated heterocycles. The number of carbonyl (C=O) groups is 2. The molecule has 1 fully saturated rings. The van der Waals surface area contributed by atoms with E-state index in [9.17, 15) is 14.7 Å². The van der Waals surface area contributed by atoms with E-state index in [0.717, 1.165) is 24.0 Å². The molecule has 0 aromatic heterocycles. The fourth-order valence-corrected chi connectivity index (χ4v) is 4.25. The Balaban J connectivity index is 1.63. The molecule has 4 atom stereocenters. The van der Waals surface area contributed by atoms with Crippen LogP contribution < -0.4 is 0 Å². The van der Waals surface area contributed by atoms with Crippen molar-refractivity contribution in [3.63, 3.8) is 0 Å². The summed E-state index contributed by atoms with van der Waals surface area (Å²) in [5.74, 6) is -0.0779. The maximum Gasteiger partial charge on any atom is 0.326 e. The zero-order chi connectivity index (χ0) is 15.3. The van der Waals surface area contributed by atoms with Crippen LogP contribution in [-0.4, -0.2) is 27.9 Å². The number of carboxylic acids is 1. The molecule has 1 heterocycles. The van der Waals surface area contributed by atoms with Gasteiger partial charge in [0, 0.05) is 18.9 Å². The highest BCUT2D eigenvalue weighted by atomic mass is 16.4. The highest BCUT2D eigenvalue weighted by molar-refractivity contribution is 5.86. The number of carbonyl (C=O) groups excluding carboxylic acids is 1. The molecule has 114 valence electrons. The number of amides is 1. The fourth-order valence-electron chi connectivity index (χ4n) is 4.25. The molecular formula is C18H19NO3. The summed E-state index contributed by atoms with van der Waals surface area (Å²) in [6.07, 6.45) is 6.69. The van der Waals surface area contributed by atoms with Crippen molar-refractivity contribution in [1.82, 2.24) is 4.90 Å². The molecule has 2 bridgehead atoms. The van der Waals surface area contributed by atoms with E-state index in [4.69, 9.17) is 0 Å². The molecule has 1 aliphatic heterocycles. The predicted molar refractivity (Wildman–Crippen MR) is 81.0 cm³/mol. The highest BCUT2D eigenvalue weighted by Gasteiger charge is 2.44. The maximum atomic E-state index is 12.9. The van der Waals surface area contributed by atoms with Gasteiger partial charge in [0.1, 0.15) is 6.04 Å². The van der Waals surface area contributed by atoms with E-state index < -0.39 is 12.0 Å². The van der Waals surface area contributed by atoms with E-state index in [1.807, 2.05) is 24.3 Å². The molecule has 1 N–H and O–H groups in total. The molecule has 0 spiro atoms. The number of carboxylic acid groups (broad SMARTS) is 1. The topological polar surface area (TPSA) is 57.6 Å². The van der Waals surface area contributed by atoms with Crippen LogP contribution in [0, 0.1) is 17.8 Å². The number of aliphatic carboxylic acids is 1. The molecule has 4 nitrogen and oxygen atoms in total. The Hall–Kier alpha value is -2.10. The van der Waals surface area contributed by atoms with Crippen LogP contribution in [0.2, 0.25) is 0 Å². The van der Waals surface area contributed by atoms with Gasteiger partial charge in [0.25, 0.3) is 0 Å². The van der Waals surface area contributed by atoms with Crippen LogP contribution in [0.3, 0.4) is 0 Å². The minimum absolute atomic E-state index is 0.0258. The molecule has 1 aromatic rings. The molecule has 4 unspecified atom stereocenters. The van der Waals surface area contributed by atoms with Crippen LogP contribution >= 0.6 is 0 Å². The van der Waals surface area contributed by atoms with Gasteiger partial charge in [-0.25, -0.2) is 4.79 Å². The minimum atomic E-state index is -0.901. The largest absolute Gasteiger partial charge is 0.480 e. The van der Waals surface area contributed by atoms with E-state index in [1.54, 1.807) is 4.90 Å². The first-order valence-electron chi connectivity index (χ1n) is 7.92. The lowest BCUT2D eigenvalue weighted by molar-refractivity contribution is -0.153. The summed E-state index contributed by atoms with van der Waals surface area (Å²) in [5, 5.41) is 9.55. The Morgan fingerprint density at radius 2 is 1.86 bits per heavy atom. The van der Waals surface area contributed by atoms with Gasteiger partial charge in [-0.15, -0.1) is 0 Å². The number of hydrogen-bond donors (Lipinski definition) is 1. The Kier molecular flexibility index (Phi) is 3.06. The third-order valence-corrected chi connectivity index (χ3v) is 5.41. The zero-order valence-electron chi connectivity index (χ0n) is 12.3. The van der Waals surface area contributed by atoms with E-state index in [1.165, 1.54) is 0 Å². The predicted octanol–water partition coefficient (Wildman–Crippen LogP) is 2.24. The van der Waals surface area contributed by atoms with Crippen LogP contribution in [0.25, 0.3) is 0 Å². The van der Waals surface area contributed by atoms with Gasteiger partial charge >= 0.3 is 5.97 Å². The van der Waals surface area contributed by atoms with Gasteiger partial charge in [0.05, 0.1) is 0 Å². The molecular weight excluding hydrogens is 278 g/mol. The van der Waals surface area contributed by atoms with Crippen molar-refractivity contribution >= 4 is 11.9 Å². The zero-order valence-corrected chi connectivity index (χ0v) is 12.3. The van der Waals surface area contributed by atoms with Crippen LogP contribution in [0.1, 0.15) is 24.0 Å². The lowest BCUT2D eigenvalue weighted by atomic mass is 9.88. The quantitative estimate of drug-likeness (QED) is 0.852. The van der Waals surface area contributed by atoms with Crippen molar-refractivity contribution in [2.45, 2.75) is 31.8 Å². The van der Waals surface area contributed by atoms with Gasteiger partial charge in [-0.3, -0.25) is 4.79 Å². The molecule has 0 radical (unpaired) electrons. The van der Waals surface area contributed by atoms with Gasteiger partial charge in [-0.05, 0) is 35.8 Å². The Bertz CT molecular complexity index is 666. The summed E-state index contributed by atoms with van der Waals surface area (Å²) in [6, 6.07) is 7.10.